The summed E-state index contributed by atoms with van der Waals surface area (Å²) >= 11 is 6.12. The van der Waals surface area contributed by atoms with E-state index in [-0.39, 0.29) is 11.7 Å². The Labute approximate surface area is 126 Å². The maximum atomic E-state index is 12.8. The van der Waals surface area contributed by atoms with Gasteiger partial charge in [0.05, 0.1) is 5.25 Å². The summed E-state index contributed by atoms with van der Waals surface area (Å²) < 4.78 is 26.8. The molecule has 8 heteroatoms. The van der Waals surface area contributed by atoms with E-state index in [9.17, 15) is 13.2 Å². The predicted octanol–water partition coefficient (Wildman–Crippen LogP) is 1.71. The minimum Gasteiger partial charge on any atom is -0.266 e. The molecule has 21 heavy (non-hydrogen) atoms. The normalized spacial score (nSPS) is 17.9. The lowest BCUT2D eigenvalue weighted by atomic mass is 10.1. The first-order chi connectivity index (χ1) is 9.96. The van der Waals surface area contributed by atoms with Crippen LogP contribution in [-0.2, 0) is 22.8 Å². The maximum Gasteiger partial charge on any atom is 0.344 e. The minimum absolute atomic E-state index is 0.201. The fraction of sp³-hybridized carbons (Fsp3) is 0.385. The number of aromatic nitrogens is 3. The number of nitrogens with one attached hydrogen (secondary N) is 1. The van der Waals surface area contributed by atoms with Gasteiger partial charge in [-0.15, -0.1) is 5.10 Å². The van der Waals surface area contributed by atoms with Crippen LogP contribution in [0.15, 0.2) is 28.2 Å². The molecular formula is C13H14ClN3O3S. The largest absolute Gasteiger partial charge is 0.344 e. The van der Waals surface area contributed by atoms with Gasteiger partial charge in [0.2, 0.25) is 9.84 Å². The van der Waals surface area contributed by atoms with Crippen LogP contribution in [0.1, 0.15) is 29.7 Å². The van der Waals surface area contributed by atoms with Crippen molar-refractivity contribution in [2.75, 3.05) is 0 Å². The highest BCUT2D eigenvalue weighted by atomic mass is 35.5. The standard InChI is InChI=1S/C13H14ClN3O3S/c1-2-17-12(18)15-16-13(17)21(19,20)11-7-6-8-9(11)4-3-5-10(8)14/h3-5,11H,2,6-7H2,1H3,(H,15,18). The van der Waals surface area contributed by atoms with Gasteiger partial charge in [0.15, 0.2) is 0 Å². The summed E-state index contributed by atoms with van der Waals surface area (Å²) in [6.45, 7) is 1.95. The van der Waals surface area contributed by atoms with E-state index in [1.165, 1.54) is 0 Å². The average Bonchev–Trinajstić information content (AvgIpc) is 3.03. The summed E-state index contributed by atoms with van der Waals surface area (Å²) in [6.07, 6.45) is 1.06. The molecule has 1 aliphatic carbocycles. The summed E-state index contributed by atoms with van der Waals surface area (Å²) in [5.74, 6) is 0. The second-order valence-corrected chi connectivity index (χ2v) is 7.37. The number of fused-ring (bicyclic) bond motifs is 1. The lowest BCUT2D eigenvalue weighted by Crippen LogP contribution is -2.22. The first-order valence-electron chi connectivity index (χ1n) is 6.63. The zero-order valence-electron chi connectivity index (χ0n) is 11.3. The number of sulfone groups is 1. The van der Waals surface area contributed by atoms with Crippen LogP contribution in [0, 0.1) is 0 Å². The Morgan fingerprint density at radius 1 is 1.48 bits per heavy atom. The molecule has 1 atom stereocenters. The molecule has 0 fully saturated rings. The number of benzene rings is 1. The van der Waals surface area contributed by atoms with Crippen LogP contribution in [-0.4, -0.2) is 23.2 Å². The minimum atomic E-state index is -3.73. The van der Waals surface area contributed by atoms with Gasteiger partial charge in [0.25, 0.3) is 5.16 Å². The Morgan fingerprint density at radius 3 is 2.95 bits per heavy atom. The van der Waals surface area contributed by atoms with E-state index in [0.717, 1.165) is 10.1 Å². The molecule has 0 saturated heterocycles. The van der Waals surface area contributed by atoms with E-state index in [4.69, 9.17) is 11.6 Å². The molecule has 1 heterocycles. The molecule has 1 N–H and O–H groups in total. The van der Waals surface area contributed by atoms with Crippen molar-refractivity contribution in [3.63, 3.8) is 0 Å². The summed E-state index contributed by atoms with van der Waals surface area (Å²) in [4.78, 5) is 11.6. The molecule has 0 saturated carbocycles. The lowest BCUT2D eigenvalue weighted by Gasteiger charge is -2.12. The first kappa shape index (κ1) is 14.3. The summed E-state index contributed by atoms with van der Waals surface area (Å²) in [7, 11) is -3.73. The zero-order chi connectivity index (χ0) is 15.2. The summed E-state index contributed by atoms with van der Waals surface area (Å²) in [5.41, 5.74) is 1.06. The monoisotopic (exact) mass is 327 g/mol. The Hall–Kier alpha value is -1.60. The van der Waals surface area contributed by atoms with Crippen LogP contribution >= 0.6 is 11.6 Å². The van der Waals surface area contributed by atoms with E-state index < -0.39 is 20.8 Å². The molecule has 1 unspecified atom stereocenters. The molecule has 3 rings (SSSR count). The predicted molar refractivity (Wildman–Crippen MR) is 78.2 cm³/mol. The van der Waals surface area contributed by atoms with E-state index >= 15 is 0 Å². The van der Waals surface area contributed by atoms with E-state index in [2.05, 4.69) is 10.2 Å². The van der Waals surface area contributed by atoms with Crippen LogP contribution in [0.3, 0.4) is 0 Å². The number of aromatic amines is 1. The molecule has 112 valence electrons. The topological polar surface area (TPSA) is 84.8 Å². The molecule has 1 aromatic carbocycles. The second kappa shape index (κ2) is 4.99. The highest BCUT2D eigenvalue weighted by Crippen LogP contribution is 2.42. The van der Waals surface area contributed by atoms with E-state index in [0.29, 0.717) is 23.4 Å². The van der Waals surface area contributed by atoms with Crippen molar-refractivity contribution in [1.29, 1.82) is 0 Å². The SMILES string of the molecule is CCn1c(S(=O)(=O)C2CCc3c(Cl)cccc32)n[nH]c1=O. The molecule has 0 radical (unpaired) electrons. The van der Waals surface area contributed by atoms with Crippen molar-refractivity contribution >= 4 is 21.4 Å². The molecule has 0 bridgehead atoms. The first-order valence-corrected chi connectivity index (χ1v) is 8.55. The smallest absolute Gasteiger partial charge is 0.266 e. The molecule has 0 amide bonds. The number of rotatable bonds is 3. The van der Waals surface area contributed by atoms with Crippen molar-refractivity contribution in [2.45, 2.75) is 36.7 Å². The van der Waals surface area contributed by atoms with Gasteiger partial charge in [0, 0.05) is 11.6 Å². The Morgan fingerprint density at radius 2 is 2.24 bits per heavy atom. The van der Waals surface area contributed by atoms with Gasteiger partial charge in [-0.3, -0.25) is 4.57 Å². The van der Waals surface area contributed by atoms with Crippen LogP contribution < -0.4 is 5.69 Å². The summed E-state index contributed by atoms with van der Waals surface area (Å²) in [6, 6.07) is 5.27. The number of halogens is 1. The van der Waals surface area contributed by atoms with Gasteiger partial charge < -0.3 is 0 Å². The van der Waals surface area contributed by atoms with Crippen LogP contribution in [0.5, 0.6) is 0 Å². The Balaban J connectivity index is 2.14. The van der Waals surface area contributed by atoms with Crippen molar-refractivity contribution < 1.29 is 8.42 Å². The quantitative estimate of drug-likeness (QED) is 0.930. The fourth-order valence-electron chi connectivity index (χ4n) is 2.82. The van der Waals surface area contributed by atoms with E-state index in [1.54, 1.807) is 25.1 Å². The van der Waals surface area contributed by atoms with Gasteiger partial charge >= 0.3 is 5.69 Å². The van der Waals surface area contributed by atoms with Gasteiger partial charge in [-0.25, -0.2) is 18.3 Å². The number of nitrogens with zero attached hydrogens (tertiary/aromatic N) is 2. The fourth-order valence-corrected chi connectivity index (χ4v) is 5.03. The molecule has 0 aliphatic heterocycles. The van der Waals surface area contributed by atoms with Crippen molar-refractivity contribution in [1.82, 2.24) is 14.8 Å². The number of hydrogen-bond donors (Lipinski definition) is 1. The molecular weight excluding hydrogens is 314 g/mol. The van der Waals surface area contributed by atoms with Crippen molar-refractivity contribution in [2.24, 2.45) is 0 Å². The van der Waals surface area contributed by atoms with Gasteiger partial charge in [0.1, 0.15) is 0 Å². The van der Waals surface area contributed by atoms with Crippen molar-refractivity contribution in [3.05, 3.63) is 44.8 Å². The molecule has 0 spiro atoms. The highest BCUT2D eigenvalue weighted by molar-refractivity contribution is 7.91. The van der Waals surface area contributed by atoms with Crippen molar-refractivity contribution in [3.8, 4) is 0 Å². The van der Waals surface area contributed by atoms with E-state index in [1.807, 2.05) is 0 Å². The second-order valence-electron chi connectivity index (χ2n) is 4.94. The third kappa shape index (κ3) is 2.11. The van der Waals surface area contributed by atoms with Crippen LogP contribution in [0.2, 0.25) is 5.02 Å². The molecule has 1 aliphatic rings. The lowest BCUT2D eigenvalue weighted by molar-refractivity contribution is 0.551. The van der Waals surface area contributed by atoms with Crippen LogP contribution in [0.25, 0.3) is 0 Å². The molecule has 1 aromatic heterocycles. The summed E-state index contributed by atoms with van der Waals surface area (Å²) in [5, 5.41) is 5.59. The number of H-pyrrole nitrogens is 1. The average molecular weight is 328 g/mol. The third-order valence-electron chi connectivity index (χ3n) is 3.83. The van der Waals surface area contributed by atoms with Gasteiger partial charge in [-0.1, -0.05) is 23.7 Å². The van der Waals surface area contributed by atoms with Crippen LogP contribution in [0.4, 0.5) is 0 Å². The van der Waals surface area contributed by atoms with Gasteiger partial charge in [-0.05, 0) is 37.0 Å². The Bertz CT molecular complexity index is 854. The molecule has 6 nitrogen and oxygen atoms in total. The molecule has 2 aromatic rings. The van der Waals surface area contributed by atoms with Gasteiger partial charge in [-0.2, -0.15) is 0 Å². The maximum absolute atomic E-state index is 12.8. The number of hydrogen-bond acceptors (Lipinski definition) is 4. The highest BCUT2D eigenvalue weighted by Gasteiger charge is 2.38. The zero-order valence-corrected chi connectivity index (χ0v) is 12.9. The Kier molecular flexibility index (Phi) is 3.41. The third-order valence-corrected chi connectivity index (χ3v) is 6.24.